The Labute approximate surface area is 237 Å². The van der Waals surface area contributed by atoms with Crippen molar-refractivity contribution in [2.45, 2.75) is 78.2 Å². The average molecular weight is 551 g/mol. The Balaban J connectivity index is 1.71. The number of methoxy groups -OCH3 is 2. The van der Waals surface area contributed by atoms with Crippen molar-refractivity contribution in [1.29, 1.82) is 0 Å². The largest absolute Gasteiger partial charge is 0.496 e. The highest BCUT2D eigenvalue weighted by atomic mass is 16.6. The van der Waals surface area contributed by atoms with Gasteiger partial charge in [0.15, 0.2) is 0 Å². The molecule has 0 saturated carbocycles. The van der Waals surface area contributed by atoms with Crippen LogP contribution in [0.3, 0.4) is 0 Å². The topological polar surface area (TPSA) is 79.2 Å². The van der Waals surface area contributed by atoms with Gasteiger partial charge in [-0.25, -0.2) is 9.59 Å². The molecular weight excluding hydrogens is 508 g/mol. The number of ether oxygens (including phenoxy) is 4. The summed E-state index contributed by atoms with van der Waals surface area (Å²) in [5.41, 5.74) is 3.83. The first kappa shape index (κ1) is 29.6. The van der Waals surface area contributed by atoms with Crippen LogP contribution in [0.5, 0.6) is 5.75 Å². The van der Waals surface area contributed by atoms with Crippen LogP contribution in [-0.4, -0.2) is 60.6 Å². The molecule has 1 fully saturated rings. The number of esters is 1. The van der Waals surface area contributed by atoms with Gasteiger partial charge in [0.1, 0.15) is 11.4 Å². The van der Waals surface area contributed by atoms with Crippen LogP contribution in [-0.2, 0) is 20.8 Å². The number of aryl methyl sites for hydroxylation is 1. The molecule has 0 spiro atoms. The molecule has 3 aromatic rings. The number of rotatable bonds is 8. The van der Waals surface area contributed by atoms with Crippen molar-refractivity contribution < 1.29 is 28.5 Å². The van der Waals surface area contributed by atoms with Crippen molar-refractivity contribution in [1.82, 2.24) is 9.47 Å². The van der Waals surface area contributed by atoms with Crippen LogP contribution in [0.4, 0.5) is 4.79 Å². The molecule has 2 aromatic carbocycles. The van der Waals surface area contributed by atoms with E-state index in [9.17, 15) is 9.59 Å². The van der Waals surface area contributed by atoms with Gasteiger partial charge in [0.05, 0.1) is 31.4 Å². The maximum Gasteiger partial charge on any atom is 0.419 e. The van der Waals surface area contributed by atoms with Crippen molar-refractivity contribution in [3.63, 3.8) is 0 Å². The molecule has 40 heavy (non-hydrogen) atoms. The molecule has 0 amide bonds. The maximum absolute atomic E-state index is 13.1. The molecule has 1 aliphatic rings. The Bertz CT molecular complexity index is 1340. The predicted octanol–water partition coefficient (Wildman–Crippen LogP) is 6.66. The van der Waals surface area contributed by atoms with Crippen LogP contribution in [0.25, 0.3) is 10.9 Å². The third-order valence-electron chi connectivity index (χ3n) is 7.34. The Morgan fingerprint density at radius 3 is 2.42 bits per heavy atom. The summed E-state index contributed by atoms with van der Waals surface area (Å²) in [5, 5.41) is 0.965. The van der Waals surface area contributed by atoms with Gasteiger partial charge >= 0.3 is 12.1 Å². The molecule has 0 bridgehead atoms. The quantitative estimate of drug-likeness (QED) is 0.290. The second kappa shape index (κ2) is 12.4. The molecule has 0 unspecified atom stereocenters. The minimum absolute atomic E-state index is 0.0799. The van der Waals surface area contributed by atoms with Crippen LogP contribution in [0.2, 0.25) is 0 Å². The standard InChI is InChI=1S/C32H42N2O6/c1-8-17-39-24-13-15-33(27(19-24)22-9-11-23(12-10-22)30(35)38-7)20-26-25-14-16-34(31(36)40-32(3,4)5)29(25)21(2)18-28(26)37-6/h9-12,14,16,18,24,27H,8,13,15,17,19-20H2,1-7H3/t24-,27-/m0/s1. The minimum Gasteiger partial charge on any atom is -0.496 e. The van der Waals surface area contributed by atoms with Gasteiger partial charge in [0, 0.05) is 42.9 Å². The number of carbonyl (C=O) groups is 2. The first-order valence-electron chi connectivity index (χ1n) is 14.0. The van der Waals surface area contributed by atoms with Crippen molar-refractivity contribution in [3.8, 4) is 5.75 Å². The molecule has 2 heterocycles. The zero-order chi connectivity index (χ0) is 29.0. The molecule has 1 aliphatic heterocycles. The number of nitrogens with zero attached hydrogens (tertiary/aromatic N) is 2. The molecule has 4 rings (SSSR count). The first-order chi connectivity index (χ1) is 19.1. The number of fused-ring (bicyclic) bond motifs is 1. The van der Waals surface area contributed by atoms with E-state index in [2.05, 4.69) is 11.8 Å². The summed E-state index contributed by atoms with van der Waals surface area (Å²) < 4.78 is 24.2. The lowest BCUT2D eigenvalue weighted by Crippen LogP contribution is -2.39. The SMILES string of the molecule is CCCO[C@H]1CCN(Cc2c(OC)cc(C)c3c2ccn3C(=O)OC(C)(C)C)[C@H](c2ccc(C(=O)OC)cc2)C1. The number of hydrogen-bond acceptors (Lipinski definition) is 7. The molecule has 1 aromatic heterocycles. The maximum atomic E-state index is 13.1. The van der Waals surface area contributed by atoms with E-state index in [0.29, 0.717) is 12.1 Å². The summed E-state index contributed by atoms with van der Waals surface area (Å²) in [6.45, 7) is 11.9. The van der Waals surface area contributed by atoms with Gasteiger partial charge < -0.3 is 18.9 Å². The van der Waals surface area contributed by atoms with Gasteiger partial charge in [-0.1, -0.05) is 19.1 Å². The van der Waals surface area contributed by atoms with Crippen molar-refractivity contribution in [3.05, 3.63) is 64.8 Å². The van der Waals surface area contributed by atoms with Crippen molar-refractivity contribution in [2.24, 2.45) is 0 Å². The lowest BCUT2D eigenvalue weighted by molar-refractivity contribution is -0.0187. The predicted molar refractivity (Wildman–Crippen MR) is 155 cm³/mol. The lowest BCUT2D eigenvalue weighted by Gasteiger charge is -2.40. The van der Waals surface area contributed by atoms with Crippen LogP contribution < -0.4 is 4.74 Å². The van der Waals surface area contributed by atoms with Gasteiger partial charge in [-0.15, -0.1) is 0 Å². The fourth-order valence-electron chi connectivity index (χ4n) is 5.49. The minimum atomic E-state index is -0.599. The summed E-state index contributed by atoms with van der Waals surface area (Å²) in [4.78, 5) is 27.5. The monoisotopic (exact) mass is 550 g/mol. The number of carbonyl (C=O) groups excluding carboxylic acids is 2. The summed E-state index contributed by atoms with van der Waals surface area (Å²) in [5.74, 6) is 0.438. The second-order valence-corrected chi connectivity index (χ2v) is 11.4. The Morgan fingerprint density at radius 2 is 1.80 bits per heavy atom. The smallest absolute Gasteiger partial charge is 0.419 e. The van der Waals surface area contributed by atoms with Gasteiger partial charge in [-0.05, 0) is 82.3 Å². The zero-order valence-corrected chi connectivity index (χ0v) is 24.8. The van der Waals surface area contributed by atoms with E-state index in [1.54, 1.807) is 17.9 Å². The van der Waals surface area contributed by atoms with Gasteiger partial charge in [0.25, 0.3) is 0 Å². The van der Waals surface area contributed by atoms with E-state index in [-0.39, 0.29) is 18.1 Å². The number of hydrogen-bond donors (Lipinski definition) is 0. The average Bonchev–Trinajstić information content (AvgIpc) is 3.39. The third-order valence-corrected chi connectivity index (χ3v) is 7.34. The normalized spacial score (nSPS) is 18.1. The highest BCUT2D eigenvalue weighted by Crippen LogP contribution is 2.38. The summed E-state index contributed by atoms with van der Waals surface area (Å²) in [6, 6.07) is 11.7. The van der Waals surface area contributed by atoms with E-state index in [1.807, 2.05) is 64.1 Å². The van der Waals surface area contributed by atoms with Gasteiger partial charge in [0.2, 0.25) is 0 Å². The fraction of sp³-hybridized carbons (Fsp3) is 0.500. The highest BCUT2D eigenvalue weighted by Gasteiger charge is 2.32. The Morgan fingerprint density at radius 1 is 1.07 bits per heavy atom. The summed E-state index contributed by atoms with van der Waals surface area (Å²) >= 11 is 0. The van der Waals surface area contributed by atoms with Crippen LogP contribution in [0.1, 0.15) is 80.0 Å². The lowest BCUT2D eigenvalue weighted by atomic mass is 9.91. The molecule has 8 nitrogen and oxygen atoms in total. The molecule has 1 saturated heterocycles. The summed E-state index contributed by atoms with van der Waals surface area (Å²) in [6.07, 6.45) is 4.28. The number of piperidine rings is 1. The Hall–Kier alpha value is -3.36. The highest BCUT2D eigenvalue weighted by molar-refractivity contribution is 5.95. The van der Waals surface area contributed by atoms with Crippen LogP contribution in [0.15, 0.2) is 42.6 Å². The van der Waals surface area contributed by atoms with Crippen LogP contribution in [0, 0.1) is 6.92 Å². The molecular formula is C32H42N2O6. The van der Waals surface area contributed by atoms with E-state index < -0.39 is 11.7 Å². The molecule has 0 radical (unpaired) electrons. The molecule has 0 aliphatic carbocycles. The Kier molecular flexibility index (Phi) is 9.21. The van der Waals surface area contributed by atoms with Crippen molar-refractivity contribution >= 4 is 23.0 Å². The molecule has 2 atom stereocenters. The van der Waals surface area contributed by atoms with E-state index >= 15 is 0 Å². The zero-order valence-electron chi connectivity index (χ0n) is 24.8. The van der Waals surface area contributed by atoms with Crippen molar-refractivity contribution in [2.75, 3.05) is 27.4 Å². The summed E-state index contributed by atoms with van der Waals surface area (Å²) in [7, 11) is 3.07. The van der Waals surface area contributed by atoms with E-state index in [1.165, 1.54) is 7.11 Å². The molecule has 216 valence electrons. The van der Waals surface area contributed by atoms with E-state index in [4.69, 9.17) is 18.9 Å². The number of likely N-dealkylation sites (tertiary alicyclic amines) is 1. The number of benzene rings is 2. The fourth-order valence-corrected chi connectivity index (χ4v) is 5.49. The number of aromatic nitrogens is 1. The van der Waals surface area contributed by atoms with Gasteiger partial charge in [-0.3, -0.25) is 9.47 Å². The first-order valence-corrected chi connectivity index (χ1v) is 14.0. The van der Waals surface area contributed by atoms with E-state index in [0.717, 1.165) is 65.8 Å². The van der Waals surface area contributed by atoms with Gasteiger partial charge in [-0.2, -0.15) is 0 Å². The van der Waals surface area contributed by atoms with Crippen LogP contribution >= 0.6 is 0 Å². The molecule has 0 N–H and O–H groups in total. The molecule has 8 heteroatoms. The third kappa shape index (κ3) is 6.50. The second-order valence-electron chi connectivity index (χ2n) is 11.4.